The van der Waals surface area contributed by atoms with Crippen LogP contribution >= 0.6 is 11.8 Å². The molecule has 0 saturated heterocycles. The number of hydrogen-bond acceptors (Lipinski definition) is 5. The van der Waals surface area contributed by atoms with Gasteiger partial charge in [0.1, 0.15) is 0 Å². The van der Waals surface area contributed by atoms with Crippen molar-refractivity contribution in [2.45, 2.75) is 38.5 Å². The molecule has 0 spiro atoms. The summed E-state index contributed by atoms with van der Waals surface area (Å²) in [6.45, 7) is 6.57. The van der Waals surface area contributed by atoms with Gasteiger partial charge in [-0.15, -0.1) is 5.10 Å². The first kappa shape index (κ1) is 15.5. The van der Waals surface area contributed by atoms with E-state index in [0.29, 0.717) is 17.5 Å². The molecule has 0 atom stereocenters. The Morgan fingerprint density at radius 1 is 1.33 bits per heavy atom. The second-order valence-electron chi connectivity index (χ2n) is 5.05. The number of aromatic nitrogens is 4. The molecule has 0 saturated carbocycles. The lowest BCUT2D eigenvalue weighted by Gasteiger charge is -2.08. The number of tetrazole rings is 1. The molecule has 0 bridgehead atoms. The maximum absolute atomic E-state index is 11.8. The van der Waals surface area contributed by atoms with Gasteiger partial charge >= 0.3 is 0 Å². The predicted molar refractivity (Wildman–Crippen MR) is 82.0 cm³/mol. The topological polar surface area (TPSA) is 72.7 Å². The molecule has 1 aromatic carbocycles. The number of aryl methyl sites for hydroxylation is 1. The summed E-state index contributed by atoms with van der Waals surface area (Å²) in [5.41, 5.74) is 2.30. The first-order chi connectivity index (χ1) is 10.1. The highest BCUT2D eigenvalue weighted by molar-refractivity contribution is 7.99. The highest BCUT2D eigenvalue weighted by Crippen LogP contribution is 2.16. The van der Waals surface area contributed by atoms with Crippen LogP contribution in [0, 0.1) is 6.92 Å². The van der Waals surface area contributed by atoms with E-state index in [2.05, 4.69) is 20.8 Å². The Balaban J connectivity index is 1.79. The van der Waals surface area contributed by atoms with Crippen LogP contribution in [0.5, 0.6) is 0 Å². The van der Waals surface area contributed by atoms with E-state index in [1.807, 2.05) is 45.0 Å². The minimum absolute atomic E-state index is 0.0288. The molecule has 1 heterocycles. The Hall–Kier alpha value is -1.89. The molecule has 112 valence electrons. The fraction of sp³-hybridized carbons (Fsp3) is 0.429. The van der Waals surface area contributed by atoms with Crippen molar-refractivity contribution in [2.75, 3.05) is 5.75 Å². The largest absolute Gasteiger partial charge is 0.351 e. The number of thioether (sulfide) groups is 1. The van der Waals surface area contributed by atoms with E-state index in [9.17, 15) is 4.79 Å². The van der Waals surface area contributed by atoms with Crippen LogP contribution in [0.1, 0.15) is 31.0 Å². The van der Waals surface area contributed by atoms with Gasteiger partial charge in [0, 0.05) is 6.54 Å². The van der Waals surface area contributed by atoms with Crippen molar-refractivity contribution in [3.8, 4) is 0 Å². The monoisotopic (exact) mass is 305 g/mol. The summed E-state index contributed by atoms with van der Waals surface area (Å²) in [7, 11) is 0. The maximum atomic E-state index is 11.8. The lowest BCUT2D eigenvalue weighted by Crippen LogP contribution is -2.24. The van der Waals surface area contributed by atoms with Crippen LogP contribution in [0.15, 0.2) is 29.4 Å². The third kappa shape index (κ3) is 4.56. The van der Waals surface area contributed by atoms with E-state index in [-0.39, 0.29) is 11.9 Å². The van der Waals surface area contributed by atoms with Crippen LogP contribution < -0.4 is 5.32 Å². The summed E-state index contributed by atoms with van der Waals surface area (Å²) < 4.78 is 1.71. The summed E-state index contributed by atoms with van der Waals surface area (Å²) in [5, 5.41) is 15.0. The Morgan fingerprint density at radius 2 is 2.05 bits per heavy atom. The van der Waals surface area contributed by atoms with Gasteiger partial charge in [-0.25, -0.2) is 4.68 Å². The van der Waals surface area contributed by atoms with Gasteiger partial charge in [0.05, 0.1) is 11.8 Å². The zero-order valence-corrected chi connectivity index (χ0v) is 13.2. The molecular formula is C14H19N5OS. The van der Waals surface area contributed by atoms with Crippen LogP contribution in [0.25, 0.3) is 0 Å². The van der Waals surface area contributed by atoms with Crippen molar-refractivity contribution in [3.63, 3.8) is 0 Å². The van der Waals surface area contributed by atoms with Gasteiger partial charge in [-0.05, 0) is 36.8 Å². The number of rotatable bonds is 6. The lowest BCUT2D eigenvalue weighted by atomic mass is 10.1. The number of benzene rings is 1. The molecule has 1 amide bonds. The maximum Gasteiger partial charge on any atom is 0.230 e. The summed E-state index contributed by atoms with van der Waals surface area (Å²) in [4.78, 5) is 11.8. The summed E-state index contributed by atoms with van der Waals surface area (Å²) in [5.74, 6) is 0.276. The standard InChI is InChI=1S/C14H19N5OS/c1-10(2)19-14(16-17-18-19)21-9-13(20)15-8-12-6-4-11(3)5-7-12/h4-7,10H,8-9H2,1-3H3,(H,15,20). The highest BCUT2D eigenvalue weighted by Gasteiger charge is 2.11. The van der Waals surface area contributed by atoms with Crippen LogP contribution in [-0.2, 0) is 11.3 Å². The van der Waals surface area contributed by atoms with Crippen LogP contribution in [0.2, 0.25) is 0 Å². The first-order valence-corrected chi connectivity index (χ1v) is 7.77. The molecule has 7 heteroatoms. The Morgan fingerprint density at radius 3 is 2.71 bits per heavy atom. The first-order valence-electron chi connectivity index (χ1n) is 6.79. The van der Waals surface area contributed by atoms with Gasteiger partial charge in [0.15, 0.2) is 0 Å². The van der Waals surface area contributed by atoms with Gasteiger partial charge in [-0.2, -0.15) is 0 Å². The third-order valence-corrected chi connectivity index (χ3v) is 3.83. The average Bonchev–Trinajstić information content (AvgIpc) is 2.93. The van der Waals surface area contributed by atoms with Gasteiger partial charge in [-0.3, -0.25) is 4.79 Å². The molecule has 0 unspecified atom stereocenters. The molecule has 0 aliphatic heterocycles. The molecule has 21 heavy (non-hydrogen) atoms. The Bertz CT molecular complexity index is 594. The van der Waals surface area contributed by atoms with Crippen LogP contribution in [0.4, 0.5) is 0 Å². The van der Waals surface area contributed by atoms with Crippen molar-refractivity contribution >= 4 is 17.7 Å². The molecule has 2 rings (SSSR count). The normalized spacial score (nSPS) is 10.9. The molecule has 6 nitrogen and oxygen atoms in total. The SMILES string of the molecule is Cc1ccc(CNC(=O)CSc2nnnn2C(C)C)cc1. The van der Waals surface area contributed by atoms with Crippen molar-refractivity contribution in [3.05, 3.63) is 35.4 Å². The number of carbonyl (C=O) groups is 1. The average molecular weight is 305 g/mol. The fourth-order valence-electron chi connectivity index (χ4n) is 1.69. The summed E-state index contributed by atoms with van der Waals surface area (Å²) in [6.07, 6.45) is 0. The molecule has 1 aromatic heterocycles. The molecular weight excluding hydrogens is 286 g/mol. The molecule has 0 aliphatic carbocycles. The third-order valence-electron chi connectivity index (χ3n) is 2.89. The Kier molecular flexibility index (Phi) is 5.32. The number of nitrogens with one attached hydrogen (secondary N) is 1. The van der Waals surface area contributed by atoms with Crippen LogP contribution in [0.3, 0.4) is 0 Å². The van der Waals surface area contributed by atoms with Gasteiger partial charge < -0.3 is 5.32 Å². The Labute approximate surface area is 128 Å². The van der Waals surface area contributed by atoms with Crippen molar-refractivity contribution < 1.29 is 4.79 Å². The fourth-order valence-corrected chi connectivity index (χ4v) is 2.53. The zero-order chi connectivity index (χ0) is 15.2. The quantitative estimate of drug-likeness (QED) is 0.826. The predicted octanol–water partition coefficient (Wildman–Crippen LogP) is 1.97. The second-order valence-corrected chi connectivity index (χ2v) is 5.99. The number of hydrogen-bond donors (Lipinski definition) is 1. The lowest BCUT2D eigenvalue weighted by molar-refractivity contribution is -0.118. The second kappa shape index (κ2) is 7.21. The van der Waals surface area contributed by atoms with E-state index in [0.717, 1.165) is 5.56 Å². The highest BCUT2D eigenvalue weighted by atomic mass is 32.2. The molecule has 0 fully saturated rings. The smallest absolute Gasteiger partial charge is 0.230 e. The number of carbonyl (C=O) groups excluding carboxylic acids is 1. The van der Waals surface area contributed by atoms with E-state index in [1.165, 1.54) is 17.3 Å². The minimum Gasteiger partial charge on any atom is -0.351 e. The minimum atomic E-state index is -0.0288. The van der Waals surface area contributed by atoms with E-state index in [4.69, 9.17) is 0 Å². The number of nitrogens with zero attached hydrogens (tertiary/aromatic N) is 4. The van der Waals surface area contributed by atoms with Crippen LogP contribution in [-0.4, -0.2) is 31.9 Å². The van der Waals surface area contributed by atoms with E-state index >= 15 is 0 Å². The summed E-state index contributed by atoms with van der Waals surface area (Å²) in [6, 6.07) is 8.28. The van der Waals surface area contributed by atoms with Gasteiger partial charge in [0.25, 0.3) is 0 Å². The van der Waals surface area contributed by atoms with Crippen molar-refractivity contribution in [1.82, 2.24) is 25.5 Å². The molecule has 1 N–H and O–H groups in total. The zero-order valence-electron chi connectivity index (χ0n) is 12.4. The van der Waals surface area contributed by atoms with E-state index in [1.54, 1.807) is 4.68 Å². The molecule has 2 aromatic rings. The number of amides is 1. The summed E-state index contributed by atoms with van der Waals surface area (Å²) >= 11 is 1.34. The van der Waals surface area contributed by atoms with Gasteiger partial charge in [-0.1, -0.05) is 41.6 Å². The van der Waals surface area contributed by atoms with Gasteiger partial charge in [0.2, 0.25) is 11.1 Å². The van der Waals surface area contributed by atoms with E-state index < -0.39 is 0 Å². The molecule has 0 aliphatic rings. The van der Waals surface area contributed by atoms with Crippen molar-refractivity contribution in [2.24, 2.45) is 0 Å². The van der Waals surface area contributed by atoms with Crippen molar-refractivity contribution in [1.29, 1.82) is 0 Å². The molecule has 0 radical (unpaired) electrons.